The molecule has 0 aliphatic heterocycles. The highest BCUT2D eigenvalue weighted by Gasteiger charge is 2.13. The molecule has 1 heterocycles. The lowest BCUT2D eigenvalue weighted by Crippen LogP contribution is -2.18. The summed E-state index contributed by atoms with van der Waals surface area (Å²) in [5.74, 6) is -0.405. The summed E-state index contributed by atoms with van der Waals surface area (Å²) in [6.45, 7) is 4.43. The lowest BCUT2D eigenvalue weighted by Gasteiger charge is -2.13. The third-order valence-electron chi connectivity index (χ3n) is 3.13. The highest BCUT2D eigenvalue weighted by molar-refractivity contribution is 5.84. The van der Waals surface area contributed by atoms with Crippen LogP contribution in [-0.2, 0) is 6.54 Å². The molecule has 4 nitrogen and oxygen atoms in total. The van der Waals surface area contributed by atoms with Crippen LogP contribution in [0.5, 0.6) is 0 Å². The number of hydrogen-bond donors (Lipinski definition) is 2. The van der Waals surface area contributed by atoms with Crippen LogP contribution in [0.2, 0.25) is 0 Å². The standard InChI is InChI=1S/C15H17NO3/c1-10(12-6-4-3-5-7-12)16-9-13-8-14(15(17)18)19-11(13)2/h3-8,10,16H,9H2,1-2H3,(H,17,18). The molecular weight excluding hydrogens is 242 g/mol. The molecule has 0 aliphatic rings. The Hall–Kier alpha value is -2.07. The van der Waals surface area contributed by atoms with E-state index in [1.54, 1.807) is 13.0 Å². The normalized spacial score (nSPS) is 12.3. The zero-order valence-electron chi connectivity index (χ0n) is 11.0. The SMILES string of the molecule is Cc1oc(C(=O)O)cc1CNC(C)c1ccccc1. The largest absolute Gasteiger partial charge is 0.475 e. The van der Waals surface area contributed by atoms with Crippen molar-refractivity contribution < 1.29 is 14.3 Å². The summed E-state index contributed by atoms with van der Waals surface area (Å²) < 4.78 is 5.17. The molecule has 0 saturated carbocycles. The highest BCUT2D eigenvalue weighted by atomic mass is 16.4. The van der Waals surface area contributed by atoms with Gasteiger partial charge in [0.25, 0.3) is 0 Å². The second-order valence-electron chi connectivity index (χ2n) is 4.51. The van der Waals surface area contributed by atoms with Gasteiger partial charge < -0.3 is 14.8 Å². The molecule has 100 valence electrons. The fourth-order valence-electron chi connectivity index (χ4n) is 1.92. The lowest BCUT2D eigenvalue weighted by atomic mass is 10.1. The number of rotatable bonds is 5. The highest BCUT2D eigenvalue weighted by Crippen LogP contribution is 2.17. The van der Waals surface area contributed by atoms with Crippen molar-refractivity contribution in [2.45, 2.75) is 26.4 Å². The van der Waals surface area contributed by atoms with Crippen molar-refractivity contribution in [1.82, 2.24) is 5.32 Å². The molecule has 0 spiro atoms. The molecular formula is C15H17NO3. The predicted octanol–water partition coefficient (Wildman–Crippen LogP) is 3.14. The maximum atomic E-state index is 10.8. The van der Waals surface area contributed by atoms with Crippen molar-refractivity contribution in [2.24, 2.45) is 0 Å². The number of hydrogen-bond acceptors (Lipinski definition) is 3. The molecule has 2 aromatic rings. The van der Waals surface area contributed by atoms with Gasteiger partial charge in [0.2, 0.25) is 5.76 Å². The van der Waals surface area contributed by atoms with E-state index < -0.39 is 5.97 Å². The van der Waals surface area contributed by atoms with Crippen molar-refractivity contribution >= 4 is 5.97 Å². The van der Waals surface area contributed by atoms with E-state index in [2.05, 4.69) is 24.4 Å². The Labute approximate surface area is 112 Å². The Bertz CT molecular complexity index is 560. The summed E-state index contributed by atoms with van der Waals surface area (Å²) in [5, 5.41) is 12.2. The first kappa shape index (κ1) is 13.4. The maximum absolute atomic E-state index is 10.8. The fourth-order valence-corrected chi connectivity index (χ4v) is 1.92. The van der Waals surface area contributed by atoms with Gasteiger partial charge in [0, 0.05) is 18.2 Å². The van der Waals surface area contributed by atoms with Crippen molar-refractivity contribution in [1.29, 1.82) is 0 Å². The summed E-state index contributed by atoms with van der Waals surface area (Å²) in [4.78, 5) is 10.8. The number of benzene rings is 1. The van der Waals surface area contributed by atoms with Crippen LogP contribution in [0.15, 0.2) is 40.8 Å². The second kappa shape index (κ2) is 5.71. The van der Waals surface area contributed by atoms with Gasteiger partial charge in [-0.1, -0.05) is 30.3 Å². The number of carboxylic acid groups (broad SMARTS) is 1. The molecule has 1 aromatic heterocycles. The molecule has 1 unspecified atom stereocenters. The van der Waals surface area contributed by atoms with E-state index in [1.165, 1.54) is 5.56 Å². The number of aromatic carboxylic acids is 1. The molecule has 0 bridgehead atoms. The number of nitrogens with one attached hydrogen (secondary N) is 1. The van der Waals surface area contributed by atoms with Crippen molar-refractivity contribution in [3.63, 3.8) is 0 Å². The lowest BCUT2D eigenvalue weighted by molar-refractivity contribution is 0.0661. The van der Waals surface area contributed by atoms with Crippen LogP contribution in [0.25, 0.3) is 0 Å². The number of aryl methyl sites for hydroxylation is 1. The smallest absolute Gasteiger partial charge is 0.371 e. The minimum atomic E-state index is -1.04. The Morgan fingerprint density at radius 2 is 2.05 bits per heavy atom. The molecule has 0 saturated heterocycles. The van der Waals surface area contributed by atoms with E-state index in [9.17, 15) is 4.79 Å². The van der Waals surface area contributed by atoms with E-state index in [4.69, 9.17) is 9.52 Å². The van der Waals surface area contributed by atoms with Crippen LogP contribution >= 0.6 is 0 Å². The van der Waals surface area contributed by atoms with Crippen molar-refractivity contribution in [3.05, 3.63) is 59.0 Å². The van der Waals surface area contributed by atoms with E-state index in [-0.39, 0.29) is 11.8 Å². The van der Waals surface area contributed by atoms with Gasteiger partial charge >= 0.3 is 5.97 Å². The van der Waals surface area contributed by atoms with Crippen LogP contribution in [-0.4, -0.2) is 11.1 Å². The van der Waals surface area contributed by atoms with Crippen LogP contribution in [0.3, 0.4) is 0 Å². The first-order chi connectivity index (χ1) is 9.08. The first-order valence-electron chi connectivity index (χ1n) is 6.19. The van der Waals surface area contributed by atoms with Gasteiger partial charge in [-0.25, -0.2) is 4.79 Å². The quantitative estimate of drug-likeness (QED) is 0.866. The molecule has 1 aromatic carbocycles. The predicted molar refractivity (Wildman–Crippen MR) is 72.1 cm³/mol. The fraction of sp³-hybridized carbons (Fsp3) is 0.267. The third kappa shape index (κ3) is 3.23. The summed E-state index contributed by atoms with van der Waals surface area (Å²) in [6, 6.07) is 11.9. The van der Waals surface area contributed by atoms with E-state index >= 15 is 0 Å². The summed E-state index contributed by atoms with van der Waals surface area (Å²) in [6.07, 6.45) is 0. The van der Waals surface area contributed by atoms with Gasteiger partial charge in [0.05, 0.1) is 0 Å². The molecule has 0 amide bonds. The summed E-state index contributed by atoms with van der Waals surface area (Å²) in [5.41, 5.74) is 2.07. The Balaban J connectivity index is 2.01. The zero-order valence-corrected chi connectivity index (χ0v) is 11.0. The zero-order chi connectivity index (χ0) is 13.8. The van der Waals surface area contributed by atoms with Crippen LogP contribution in [0.1, 0.15) is 40.4 Å². The minimum absolute atomic E-state index is 0.0123. The van der Waals surface area contributed by atoms with Gasteiger partial charge in [0.1, 0.15) is 5.76 Å². The van der Waals surface area contributed by atoms with Crippen molar-refractivity contribution in [2.75, 3.05) is 0 Å². The van der Waals surface area contributed by atoms with Crippen LogP contribution in [0, 0.1) is 6.92 Å². The topological polar surface area (TPSA) is 62.5 Å². The van der Waals surface area contributed by atoms with Gasteiger partial charge in [0.15, 0.2) is 0 Å². The molecule has 1 atom stereocenters. The van der Waals surface area contributed by atoms with E-state index in [0.717, 1.165) is 5.56 Å². The minimum Gasteiger partial charge on any atom is -0.475 e. The molecule has 19 heavy (non-hydrogen) atoms. The second-order valence-corrected chi connectivity index (χ2v) is 4.51. The monoisotopic (exact) mass is 259 g/mol. The van der Waals surface area contributed by atoms with Gasteiger partial charge in [-0.15, -0.1) is 0 Å². The van der Waals surface area contributed by atoms with E-state index in [0.29, 0.717) is 12.3 Å². The Kier molecular flexibility index (Phi) is 4.02. The average molecular weight is 259 g/mol. The number of carbonyl (C=O) groups is 1. The van der Waals surface area contributed by atoms with Crippen LogP contribution < -0.4 is 5.32 Å². The first-order valence-corrected chi connectivity index (χ1v) is 6.19. The molecule has 4 heteroatoms. The van der Waals surface area contributed by atoms with Gasteiger partial charge in [-0.2, -0.15) is 0 Å². The molecule has 0 aliphatic carbocycles. The summed E-state index contributed by atoms with van der Waals surface area (Å²) >= 11 is 0. The van der Waals surface area contributed by atoms with E-state index in [1.807, 2.05) is 18.2 Å². The Morgan fingerprint density at radius 3 is 2.63 bits per heavy atom. The Morgan fingerprint density at radius 1 is 1.37 bits per heavy atom. The average Bonchev–Trinajstić information content (AvgIpc) is 2.79. The third-order valence-corrected chi connectivity index (χ3v) is 3.13. The summed E-state index contributed by atoms with van der Waals surface area (Å²) in [7, 11) is 0. The van der Waals surface area contributed by atoms with Crippen molar-refractivity contribution in [3.8, 4) is 0 Å². The number of furan rings is 1. The molecule has 0 radical (unpaired) electrons. The van der Waals surface area contributed by atoms with Gasteiger partial charge in [-0.3, -0.25) is 0 Å². The molecule has 2 N–H and O–H groups in total. The van der Waals surface area contributed by atoms with Crippen LogP contribution in [0.4, 0.5) is 0 Å². The maximum Gasteiger partial charge on any atom is 0.371 e. The molecule has 0 fully saturated rings. The number of carboxylic acids is 1. The molecule has 2 rings (SSSR count). The van der Waals surface area contributed by atoms with Gasteiger partial charge in [-0.05, 0) is 25.5 Å².